The summed E-state index contributed by atoms with van der Waals surface area (Å²) in [5.41, 5.74) is 1.48. The average Bonchev–Trinajstić information content (AvgIpc) is 3.32. The van der Waals surface area contributed by atoms with Crippen molar-refractivity contribution in [2.45, 2.75) is 44.7 Å². The van der Waals surface area contributed by atoms with Gasteiger partial charge < -0.3 is 5.32 Å². The molecule has 1 aliphatic rings. The molecule has 0 spiro atoms. The van der Waals surface area contributed by atoms with Crippen LogP contribution < -0.4 is 5.32 Å². The molecule has 1 saturated carbocycles. The Balaban J connectivity index is 1.34. The number of amides is 1. The number of rotatable bonds is 4. The summed E-state index contributed by atoms with van der Waals surface area (Å²) >= 11 is 1.49. The van der Waals surface area contributed by atoms with Crippen LogP contribution >= 0.6 is 11.3 Å². The Morgan fingerprint density at radius 3 is 2.65 bits per heavy atom. The Labute approximate surface area is 155 Å². The van der Waals surface area contributed by atoms with Gasteiger partial charge in [0.15, 0.2) is 0 Å². The van der Waals surface area contributed by atoms with Crippen molar-refractivity contribution in [1.82, 2.24) is 30.5 Å². The second kappa shape index (κ2) is 7.33. The third kappa shape index (κ3) is 3.65. The number of carbonyl (C=O) groups excluding carboxylic acids is 1. The smallest absolute Gasteiger partial charge is 0.270 e. The Kier molecular flexibility index (Phi) is 4.75. The van der Waals surface area contributed by atoms with Crippen molar-refractivity contribution in [3.8, 4) is 11.4 Å². The zero-order valence-corrected chi connectivity index (χ0v) is 15.3. The lowest BCUT2D eigenvalue weighted by Crippen LogP contribution is -2.38. The molecule has 0 unspecified atom stereocenters. The van der Waals surface area contributed by atoms with Gasteiger partial charge in [0.1, 0.15) is 5.69 Å². The van der Waals surface area contributed by atoms with E-state index in [0.717, 1.165) is 36.3 Å². The van der Waals surface area contributed by atoms with Crippen LogP contribution in [0.2, 0.25) is 0 Å². The van der Waals surface area contributed by atoms with Crippen LogP contribution in [0.1, 0.15) is 47.2 Å². The molecule has 0 saturated heterocycles. The number of tetrazole rings is 1. The van der Waals surface area contributed by atoms with Gasteiger partial charge in [-0.15, -0.1) is 21.5 Å². The highest BCUT2D eigenvalue weighted by Gasteiger charge is 2.26. The van der Waals surface area contributed by atoms with Gasteiger partial charge in [0, 0.05) is 17.0 Å². The number of thiazole rings is 1. The molecular formula is C18H20N6OS. The quantitative estimate of drug-likeness (QED) is 0.765. The van der Waals surface area contributed by atoms with Crippen molar-refractivity contribution >= 4 is 17.2 Å². The SMILES string of the molecule is Cc1nc(C(=O)NC2CCC(n3nnc(-c4ccccc4)n3)CC2)cs1. The van der Waals surface area contributed by atoms with Crippen molar-refractivity contribution < 1.29 is 4.79 Å². The van der Waals surface area contributed by atoms with Crippen molar-refractivity contribution in [2.75, 3.05) is 0 Å². The van der Waals surface area contributed by atoms with E-state index in [-0.39, 0.29) is 18.0 Å². The van der Waals surface area contributed by atoms with E-state index in [0.29, 0.717) is 11.5 Å². The Hall–Kier alpha value is -2.61. The number of benzene rings is 1. The molecular weight excluding hydrogens is 348 g/mol. The number of hydrogen-bond donors (Lipinski definition) is 1. The largest absolute Gasteiger partial charge is 0.348 e. The predicted molar refractivity (Wildman–Crippen MR) is 98.9 cm³/mol. The topological polar surface area (TPSA) is 85.6 Å². The summed E-state index contributed by atoms with van der Waals surface area (Å²) in [6.07, 6.45) is 3.65. The number of nitrogens with one attached hydrogen (secondary N) is 1. The maximum atomic E-state index is 12.2. The Morgan fingerprint density at radius 2 is 1.96 bits per heavy atom. The third-order valence-corrected chi connectivity index (χ3v) is 5.44. The minimum atomic E-state index is -0.0805. The molecule has 4 rings (SSSR count). The molecule has 1 N–H and O–H groups in total. The van der Waals surface area contributed by atoms with E-state index < -0.39 is 0 Å². The van der Waals surface area contributed by atoms with Gasteiger partial charge in [0.2, 0.25) is 5.82 Å². The van der Waals surface area contributed by atoms with Gasteiger partial charge in [-0.2, -0.15) is 4.80 Å². The molecule has 8 heteroatoms. The van der Waals surface area contributed by atoms with Crippen molar-refractivity contribution in [3.05, 3.63) is 46.4 Å². The summed E-state index contributed by atoms with van der Waals surface area (Å²) in [5, 5.41) is 18.8. The maximum Gasteiger partial charge on any atom is 0.270 e. The first-order valence-corrected chi connectivity index (χ1v) is 9.65. The first kappa shape index (κ1) is 16.8. The molecule has 3 aromatic rings. The van der Waals surface area contributed by atoms with E-state index >= 15 is 0 Å². The summed E-state index contributed by atoms with van der Waals surface area (Å²) in [6, 6.07) is 10.3. The highest BCUT2D eigenvalue weighted by Crippen LogP contribution is 2.28. The van der Waals surface area contributed by atoms with Crippen LogP contribution in [-0.2, 0) is 0 Å². The molecule has 1 amide bonds. The Bertz CT molecular complexity index is 882. The molecule has 0 bridgehead atoms. The summed E-state index contributed by atoms with van der Waals surface area (Å²) in [6.45, 7) is 1.90. The third-order valence-electron chi connectivity index (χ3n) is 4.67. The van der Waals surface area contributed by atoms with E-state index in [9.17, 15) is 4.79 Å². The molecule has 7 nitrogen and oxygen atoms in total. The number of carbonyl (C=O) groups is 1. The molecule has 2 aromatic heterocycles. The van der Waals surface area contributed by atoms with E-state index in [2.05, 4.69) is 25.7 Å². The molecule has 26 heavy (non-hydrogen) atoms. The van der Waals surface area contributed by atoms with E-state index in [1.807, 2.05) is 37.3 Å². The summed E-state index contributed by atoms with van der Waals surface area (Å²) in [5.74, 6) is 0.572. The van der Waals surface area contributed by atoms with Gasteiger partial charge in [-0.25, -0.2) is 4.98 Å². The van der Waals surface area contributed by atoms with Crippen molar-refractivity contribution in [3.63, 3.8) is 0 Å². The van der Waals surface area contributed by atoms with Gasteiger partial charge in [-0.3, -0.25) is 4.79 Å². The minimum absolute atomic E-state index is 0.0805. The zero-order valence-electron chi connectivity index (χ0n) is 14.5. The highest BCUT2D eigenvalue weighted by atomic mass is 32.1. The monoisotopic (exact) mass is 368 g/mol. The fraction of sp³-hybridized carbons (Fsp3) is 0.389. The summed E-state index contributed by atoms with van der Waals surface area (Å²) in [7, 11) is 0. The number of aryl methyl sites for hydroxylation is 1. The number of nitrogens with zero attached hydrogens (tertiary/aromatic N) is 5. The lowest BCUT2D eigenvalue weighted by Gasteiger charge is -2.27. The average molecular weight is 368 g/mol. The minimum Gasteiger partial charge on any atom is -0.348 e. The predicted octanol–water partition coefficient (Wildman–Crippen LogP) is 3.02. The molecule has 1 aliphatic carbocycles. The molecule has 2 heterocycles. The standard InChI is InChI=1S/C18H20N6OS/c1-12-19-16(11-26-12)18(25)20-14-7-9-15(10-8-14)24-22-17(21-23-24)13-5-3-2-4-6-13/h2-6,11,14-15H,7-10H2,1H3,(H,20,25). The lowest BCUT2D eigenvalue weighted by atomic mass is 9.91. The molecule has 134 valence electrons. The second-order valence-electron chi connectivity index (χ2n) is 6.53. The highest BCUT2D eigenvalue weighted by molar-refractivity contribution is 7.09. The second-order valence-corrected chi connectivity index (χ2v) is 7.59. The van der Waals surface area contributed by atoms with Gasteiger partial charge in [-0.05, 0) is 37.8 Å². The van der Waals surface area contributed by atoms with Crippen molar-refractivity contribution in [1.29, 1.82) is 0 Å². The fourth-order valence-electron chi connectivity index (χ4n) is 3.26. The first-order valence-electron chi connectivity index (χ1n) is 8.77. The van der Waals surface area contributed by atoms with E-state index in [1.54, 1.807) is 10.2 Å². The van der Waals surface area contributed by atoms with Crippen LogP contribution in [0.3, 0.4) is 0 Å². The normalized spacial score (nSPS) is 20.0. The zero-order chi connectivity index (χ0) is 17.9. The van der Waals surface area contributed by atoms with Gasteiger partial charge in [0.25, 0.3) is 5.91 Å². The molecule has 0 aliphatic heterocycles. The lowest BCUT2D eigenvalue weighted by molar-refractivity contribution is 0.0916. The van der Waals surface area contributed by atoms with Crippen LogP contribution in [0.4, 0.5) is 0 Å². The van der Waals surface area contributed by atoms with E-state index in [4.69, 9.17) is 0 Å². The molecule has 0 atom stereocenters. The van der Waals surface area contributed by atoms with Crippen LogP contribution in [0.25, 0.3) is 11.4 Å². The maximum absolute atomic E-state index is 12.2. The number of hydrogen-bond acceptors (Lipinski definition) is 6. The van der Waals surface area contributed by atoms with E-state index in [1.165, 1.54) is 11.3 Å². The summed E-state index contributed by atoms with van der Waals surface area (Å²) < 4.78 is 0. The Morgan fingerprint density at radius 1 is 1.19 bits per heavy atom. The first-order chi connectivity index (χ1) is 12.7. The van der Waals surface area contributed by atoms with Crippen LogP contribution in [-0.4, -0.2) is 37.1 Å². The molecule has 1 fully saturated rings. The van der Waals surface area contributed by atoms with Gasteiger partial charge >= 0.3 is 0 Å². The van der Waals surface area contributed by atoms with Gasteiger partial charge in [-0.1, -0.05) is 30.3 Å². The molecule has 0 radical (unpaired) electrons. The van der Waals surface area contributed by atoms with Crippen molar-refractivity contribution in [2.24, 2.45) is 0 Å². The van der Waals surface area contributed by atoms with Crippen LogP contribution in [0, 0.1) is 6.92 Å². The number of aromatic nitrogens is 5. The fourth-order valence-corrected chi connectivity index (χ4v) is 3.85. The van der Waals surface area contributed by atoms with Gasteiger partial charge in [0.05, 0.1) is 11.0 Å². The summed E-state index contributed by atoms with van der Waals surface area (Å²) in [4.78, 5) is 18.2. The molecule has 1 aromatic carbocycles. The van der Waals surface area contributed by atoms with Crippen LogP contribution in [0.15, 0.2) is 35.7 Å². The van der Waals surface area contributed by atoms with Crippen LogP contribution in [0.5, 0.6) is 0 Å².